The molecule has 0 radical (unpaired) electrons. The first-order valence-corrected chi connectivity index (χ1v) is 15.2. The largest absolute Gasteiger partial charge is 0.450 e. The Morgan fingerprint density at radius 3 is 2.25 bits per heavy atom. The summed E-state index contributed by atoms with van der Waals surface area (Å²) in [6.07, 6.45) is 0.531. The van der Waals surface area contributed by atoms with Crippen molar-refractivity contribution < 1.29 is 19.1 Å². The molecule has 9 heteroatoms. The fourth-order valence-corrected chi connectivity index (χ4v) is 5.44. The number of aromatic nitrogens is 2. The standard InChI is InChI=1S/C35H41N5O4/c1-6-44-34(43)39-21-19-38(20-22-39)18-17-25-13-16-29(28-10-8-7-9-27(25)28)32(41)33(42)36-31-23-30(35(3,4)5)37-40(31)26-14-11-24(2)12-15-26/h7-16,23H,6,17-22H2,1-5H3,(H,36,42). The van der Waals surface area contributed by atoms with Gasteiger partial charge in [0.1, 0.15) is 5.82 Å². The van der Waals surface area contributed by atoms with Crippen LogP contribution in [-0.4, -0.2) is 76.7 Å². The number of carbonyl (C=O) groups is 3. The predicted molar refractivity (Wildman–Crippen MR) is 173 cm³/mol. The van der Waals surface area contributed by atoms with Gasteiger partial charge in [-0.15, -0.1) is 0 Å². The number of anilines is 1. The average molecular weight is 596 g/mol. The van der Waals surface area contributed by atoms with Gasteiger partial charge in [0, 0.05) is 49.8 Å². The highest BCUT2D eigenvalue weighted by atomic mass is 16.6. The first-order valence-electron chi connectivity index (χ1n) is 15.2. The maximum atomic E-state index is 13.6. The quantitative estimate of drug-likeness (QED) is 0.205. The molecule has 1 aliphatic rings. The molecule has 1 saturated heterocycles. The van der Waals surface area contributed by atoms with Crippen LogP contribution >= 0.6 is 0 Å². The molecule has 0 saturated carbocycles. The molecule has 2 heterocycles. The number of aryl methyl sites for hydroxylation is 1. The van der Waals surface area contributed by atoms with Gasteiger partial charge in [0.2, 0.25) is 0 Å². The van der Waals surface area contributed by atoms with Crippen molar-refractivity contribution in [3.8, 4) is 5.69 Å². The Morgan fingerprint density at radius 2 is 1.59 bits per heavy atom. The number of ketones is 1. The van der Waals surface area contributed by atoms with E-state index in [1.54, 1.807) is 15.6 Å². The molecule has 1 aromatic heterocycles. The van der Waals surface area contributed by atoms with Crippen LogP contribution in [0.3, 0.4) is 0 Å². The topological polar surface area (TPSA) is 96.8 Å². The Labute approximate surface area is 258 Å². The molecule has 0 unspecified atom stereocenters. The number of benzene rings is 3. The molecule has 1 fully saturated rings. The zero-order valence-electron chi connectivity index (χ0n) is 26.2. The van der Waals surface area contributed by atoms with Gasteiger partial charge in [-0.3, -0.25) is 14.5 Å². The van der Waals surface area contributed by atoms with Crippen LogP contribution in [0.5, 0.6) is 0 Å². The molecule has 5 rings (SSSR count). The van der Waals surface area contributed by atoms with E-state index in [1.807, 2.05) is 74.5 Å². The van der Waals surface area contributed by atoms with Crippen LogP contribution in [0, 0.1) is 6.92 Å². The number of amides is 2. The number of carbonyl (C=O) groups excluding carboxylic acids is 3. The van der Waals surface area contributed by atoms with Crippen LogP contribution in [0.15, 0.2) is 66.7 Å². The minimum Gasteiger partial charge on any atom is -0.450 e. The highest BCUT2D eigenvalue weighted by molar-refractivity contribution is 6.48. The van der Waals surface area contributed by atoms with Crippen molar-refractivity contribution in [2.24, 2.45) is 0 Å². The number of hydrogen-bond donors (Lipinski definition) is 1. The SMILES string of the molecule is CCOC(=O)N1CCN(CCc2ccc(C(=O)C(=O)Nc3cc(C(C)(C)C)nn3-c3ccc(C)cc3)c3ccccc23)CC1. The number of Topliss-reactive ketones (excluding diaryl/α,β-unsaturated/α-hetero) is 1. The molecule has 2 amide bonds. The van der Waals surface area contributed by atoms with Gasteiger partial charge in [-0.25, -0.2) is 9.48 Å². The summed E-state index contributed by atoms with van der Waals surface area (Å²) < 4.78 is 6.81. The van der Waals surface area contributed by atoms with Crippen LogP contribution in [0.25, 0.3) is 16.5 Å². The Bertz CT molecular complexity index is 1660. The molecule has 0 spiro atoms. The Hall–Kier alpha value is -4.50. The van der Waals surface area contributed by atoms with Gasteiger partial charge < -0.3 is 15.0 Å². The van der Waals surface area contributed by atoms with Gasteiger partial charge in [-0.2, -0.15) is 5.10 Å². The maximum absolute atomic E-state index is 13.6. The predicted octanol–water partition coefficient (Wildman–Crippen LogP) is 5.77. The second kappa shape index (κ2) is 13.0. The van der Waals surface area contributed by atoms with Crippen LogP contribution in [-0.2, 0) is 21.4 Å². The van der Waals surface area contributed by atoms with Crippen LogP contribution < -0.4 is 5.32 Å². The fraction of sp³-hybridized carbons (Fsp3) is 0.371. The summed E-state index contributed by atoms with van der Waals surface area (Å²) in [6.45, 7) is 14.1. The molecule has 44 heavy (non-hydrogen) atoms. The number of hydrogen-bond acceptors (Lipinski definition) is 6. The second-order valence-electron chi connectivity index (χ2n) is 12.3. The summed E-state index contributed by atoms with van der Waals surface area (Å²) in [5, 5.41) is 9.32. The third kappa shape index (κ3) is 6.83. The van der Waals surface area contributed by atoms with E-state index in [0.29, 0.717) is 31.1 Å². The zero-order chi connectivity index (χ0) is 31.4. The van der Waals surface area contributed by atoms with Crippen LogP contribution in [0.1, 0.15) is 54.9 Å². The number of rotatable bonds is 8. The van der Waals surface area contributed by atoms with Gasteiger partial charge in [0.25, 0.3) is 11.7 Å². The van der Waals surface area contributed by atoms with E-state index < -0.39 is 11.7 Å². The molecule has 0 aliphatic carbocycles. The monoisotopic (exact) mass is 595 g/mol. The van der Waals surface area contributed by atoms with Gasteiger partial charge in [0.15, 0.2) is 0 Å². The molecule has 0 bridgehead atoms. The van der Waals surface area contributed by atoms with E-state index in [9.17, 15) is 14.4 Å². The third-order valence-corrected chi connectivity index (χ3v) is 8.06. The van der Waals surface area contributed by atoms with Crippen LogP contribution in [0.2, 0.25) is 0 Å². The normalized spacial score (nSPS) is 14.1. The van der Waals surface area contributed by atoms with Crippen molar-refractivity contribution in [3.63, 3.8) is 0 Å². The summed E-state index contributed by atoms with van der Waals surface area (Å²) in [5.41, 5.74) is 3.94. The lowest BCUT2D eigenvalue weighted by atomic mass is 9.92. The molecule has 1 N–H and O–H groups in total. The molecule has 9 nitrogen and oxygen atoms in total. The summed E-state index contributed by atoms with van der Waals surface area (Å²) in [6, 6.07) is 21.1. The Kier molecular flexibility index (Phi) is 9.15. The lowest BCUT2D eigenvalue weighted by Crippen LogP contribution is -2.49. The second-order valence-corrected chi connectivity index (χ2v) is 12.3. The zero-order valence-corrected chi connectivity index (χ0v) is 26.2. The molecule has 3 aromatic carbocycles. The lowest BCUT2D eigenvalue weighted by Gasteiger charge is -2.34. The van der Waals surface area contributed by atoms with Crippen molar-refractivity contribution in [2.75, 3.05) is 44.6 Å². The molecular weight excluding hydrogens is 554 g/mol. The third-order valence-electron chi connectivity index (χ3n) is 8.06. The number of ether oxygens (including phenoxy) is 1. The minimum absolute atomic E-state index is 0.250. The minimum atomic E-state index is -0.712. The number of nitrogens with zero attached hydrogens (tertiary/aromatic N) is 4. The van der Waals surface area contributed by atoms with Crippen molar-refractivity contribution >= 4 is 34.4 Å². The van der Waals surface area contributed by atoms with E-state index in [1.165, 1.54) is 0 Å². The van der Waals surface area contributed by atoms with Crippen molar-refractivity contribution in [2.45, 2.75) is 46.5 Å². The summed E-state index contributed by atoms with van der Waals surface area (Å²) in [7, 11) is 0. The maximum Gasteiger partial charge on any atom is 0.409 e. The van der Waals surface area contributed by atoms with Crippen molar-refractivity contribution in [3.05, 3.63) is 89.1 Å². The number of fused-ring (bicyclic) bond motifs is 1. The molecule has 1 aliphatic heterocycles. The van der Waals surface area contributed by atoms with E-state index in [-0.39, 0.29) is 11.5 Å². The van der Waals surface area contributed by atoms with Gasteiger partial charge in [-0.05, 0) is 54.8 Å². The highest BCUT2D eigenvalue weighted by Gasteiger charge is 2.26. The van der Waals surface area contributed by atoms with Gasteiger partial charge in [-0.1, -0.05) is 68.8 Å². The molecule has 0 atom stereocenters. The molecule has 230 valence electrons. The van der Waals surface area contributed by atoms with E-state index in [2.05, 4.69) is 31.0 Å². The van der Waals surface area contributed by atoms with Crippen molar-refractivity contribution in [1.29, 1.82) is 0 Å². The van der Waals surface area contributed by atoms with Gasteiger partial charge >= 0.3 is 6.09 Å². The fourth-order valence-electron chi connectivity index (χ4n) is 5.44. The Morgan fingerprint density at radius 1 is 0.909 bits per heavy atom. The van der Waals surface area contributed by atoms with E-state index in [4.69, 9.17) is 9.84 Å². The Balaban J connectivity index is 1.33. The number of nitrogens with one attached hydrogen (secondary N) is 1. The van der Waals surface area contributed by atoms with Crippen LogP contribution in [0.4, 0.5) is 10.6 Å². The molecular formula is C35H41N5O4. The molecule has 4 aromatic rings. The summed E-state index contributed by atoms with van der Waals surface area (Å²) >= 11 is 0. The first kappa shape index (κ1) is 30.9. The summed E-state index contributed by atoms with van der Waals surface area (Å²) in [5.74, 6) is -0.867. The van der Waals surface area contributed by atoms with E-state index in [0.717, 1.165) is 59.3 Å². The summed E-state index contributed by atoms with van der Waals surface area (Å²) in [4.78, 5) is 43.2. The van der Waals surface area contributed by atoms with E-state index >= 15 is 0 Å². The smallest absolute Gasteiger partial charge is 0.409 e. The van der Waals surface area contributed by atoms with Crippen molar-refractivity contribution in [1.82, 2.24) is 19.6 Å². The number of piperazine rings is 1. The highest BCUT2D eigenvalue weighted by Crippen LogP contribution is 2.28. The first-order chi connectivity index (χ1) is 21.0. The lowest BCUT2D eigenvalue weighted by molar-refractivity contribution is -0.112. The van der Waals surface area contributed by atoms with Gasteiger partial charge in [0.05, 0.1) is 18.0 Å². The average Bonchev–Trinajstić information content (AvgIpc) is 3.44.